The molecule has 0 spiro atoms. The summed E-state index contributed by atoms with van der Waals surface area (Å²) >= 11 is 0. The van der Waals surface area contributed by atoms with Gasteiger partial charge in [0.1, 0.15) is 11.4 Å². The highest BCUT2D eigenvalue weighted by Gasteiger charge is 2.46. The minimum absolute atomic E-state index is 0.0790. The quantitative estimate of drug-likeness (QED) is 0.793. The van der Waals surface area contributed by atoms with E-state index in [0.29, 0.717) is 0 Å². The van der Waals surface area contributed by atoms with Gasteiger partial charge in [-0.05, 0) is 31.2 Å². The van der Waals surface area contributed by atoms with Crippen molar-refractivity contribution in [3.05, 3.63) is 35.8 Å². The van der Waals surface area contributed by atoms with Crippen molar-refractivity contribution >= 4 is 16.9 Å². The molecule has 0 amide bonds. The molecule has 1 aromatic carbocycles. The monoisotopic (exact) mass is 258 g/mol. The summed E-state index contributed by atoms with van der Waals surface area (Å²) in [5.74, 6) is -7.01. The molecule has 6 heteroatoms. The van der Waals surface area contributed by atoms with E-state index < -0.39 is 23.5 Å². The summed E-state index contributed by atoms with van der Waals surface area (Å²) in [5, 5.41) is 0.161. The van der Waals surface area contributed by atoms with E-state index >= 15 is 0 Å². The molecule has 2 rings (SSSR count). The molecule has 0 radical (unpaired) electrons. The maximum Gasteiger partial charge on any atom is 0.399 e. The lowest BCUT2D eigenvalue weighted by molar-refractivity contribution is -0.175. The standard InChI is InChI=1S/C12H9F3O3/c1-2-17-11(16)12(14,15)10-6-7-5-8(13)3-4-9(7)18-10/h3-6H,2H2,1H3. The van der Waals surface area contributed by atoms with Gasteiger partial charge in [0.15, 0.2) is 5.76 Å². The van der Waals surface area contributed by atoms with Gasteiger partial charge in [0.05, 0.1) is 6.61 Å². The SMILES string of the molecule is CCOC(=O)C(F)(F)c1cc2cc(F)ccc2o1. The predicted molar refractivity (Wildman–Crippen MR) is 56.7 cm³/mol. The Labute approximate surface area is 100 Å². The summed E-state index contributed by atoms with van der Waals surface area (Å²) in [6.07, 6.45) is 0. The van der Waals surface area contributed by atoms with Crippen molar-refractivity contribution in [1.82, 2.24) is 0 Å². The maximum atomic E-state index is 13.6. The first-order chi connectivity index (χ1) is 8.45. The third kappa shape index (κ3) is 2.05. The number of carbonyl (C=O) groups excluding carboxylic acids is 1. The Morgan fingerprint density at radius 3 is 2.78 bits per heavy atom. The highest BCUT2D eigenvalue weighted by molar-refractivity contribution is 5.83. The third-order valence-electron chi connectivity index (χ3n) is 2.32. The maximum absolute atomic E-state index is 13.6. The van der Waals surface area contributed by atoms with E-state index in [2.05, 4.69) is 4.74 Å². The van der Waals surface area contributed by atoms with E-state index in [1.165, 1.54) is 13.0 Å². The molecule has 0 saturated carbocycles. The van der Waals surface area contributed by atoms with Gasteiger partial charge in [-0.15, -0.1) is 0 Å². The van der Waals surface area contributed by atoms with E-state index in [0.717, 1.165) is 18.2 Å². The number of fused-ring (bicyclic) bond motifs is 1. The minimum Gasteiger partial charge on any atom is -0.461 e. The number of halogens is 3. The number of esters is 1. The highest BCUT2D eigenvalue weighted by atomic mass is 19.3. The molecule has 0 aliphatic heterocycles. The van der Waals surface area contributed by atoms with E-state index in [1.54, 1.807) is 0 Å². The third-order valence-corrected chi connectivity index (χ3v) is 2.32. The van der Waals surface area contributed by atoms with Crippen LogP contribution in [-0.2, 0) is 15.5 Å². The van der Waals surface area contributed by atoms with Gasteiger partial charge in [0, 0.05) is 5.39 Å². The van der Waals surface area contributed by atoms with Crippen LogP contribution in [0.5, 0.6) is 0 Å². The van der Waals surface area contributed by atoms with Crippen molar-refractivity contribution in [3.63, 3.8) is 0 Å². The molecule has 1 aromatic heterocycles. The number of alkyl halides is 2. The van der Waals surface area contributed by atoms with Crippen LogP contribution in [0.4, 0.5) is 13.2 Å². The summed E-state index contributed by atoms with van der Waals surface area (Å²) in [5.41, 5.74) is 0.0790. The van der Waals surface area contributed by atoms with Crippen molar-refractivity contribution in [3.8, 4) is 0 Å². The van der Waals surface area contributed by atoms with Gasteiger partial charge in [-0.1, -0.05) is 0 Å². The Morgan fingerprint density at radius 1 is 1.39 bits per heavy atom. The molecule has 2 aromatic rings. The first-order valence-electron chi connectivity index (χ1n) is 5.19. The van der Waals surface area contributed by atoms with Crippen molar-refractivity contribution in [2.75, 3.05) is 6.61 Å². The smallest absolute Gasteiger partial charge is 0.399 e. The second kappa shape index (κ2) is 4.36. The summed E-state index contributed by atoms with van der Waals surface area (Å²) < 4.78 is 49.2. The fraction of sp³-hybridized carbons (Fsp3) is 0.250. The lowest BCUT2D eigenvalue weighted by Gasteiger charge is -2.11. The molecule has 3 nitrogen and oxygen atoms in total. The van der Waals surface area contributed by atoms with E-state index in [1.807, 2.05) is 0 Å². The second-order valence-corrected chi connectivity index (χ2v) is 3.59. The normalized spacial score (nSPS) is 11.8. The Bertz CT molecular complexity index is 589. The number of hydrogen-bond acceptors (Lipinski definition) is 3. The molecule has 0 saturated heterocycles. The zero-order valence-corrected chi connectivity index (χ0v) is 9.38. The fourth-order valence-electron chi connectivity index (χ4n) is 1.49. The van der Waals surface area contributed by atoms with Crippen molar-refractivity contribution in [2.45, 2.75) is 12.8 Å². The number of ether oxygens (including phenoxy) is 1. The molecule has 0 unspecified atom stereocenters. The van der Waals surface area contributed by atoms with Crippen molar-refractivity contribution in [2.24, 2.45) is 0 Å². The van der Waals surface area contributed by atoms with E-state index in [9.17, 15) is 18.0 Å². The lowest BCUT2D eigenvalue weighted by Crippen LogP contribution is -2.27. The summed E-state index contributed by atoms with van der Waals surface area (Å²) in [7, 11) is 0. The van der Waals surface area contributed by atoms with Crippen LogP contribution >= 0.6 is 0 Å². The van der Waals surface area contributed by atoms with Crippen LogP contribution in [0.25, 0.3) is 11.0 Å². The highest BCUT2D eigenvalue weighted by Crippen LogP contribution is 2.34. The second-order valence-electron chi connectivity index (χ2n) is 3.59. The van der Waals surface area contributed by atoms with Gasteiger partial charge < -0.3 is 9.15 Å². The van der Waals surface area contributed by atoms with Gasteiger partial charge in [0.2, 0.25) is 0 Å². The molecule has 0 aliphatic carbocycles. The molecular weight excluding hydrogens is 249 g/mol. The molecule has 96 valence electrons. The van der Waals surface area contributed by atoms with Gasteiger partial charge in [-0.3, -0.25) is 0 Å². The van der Waals surface area contributed by atoms with Crippen molar-refractivity contribution in [1.29, 1.82) is 0 Å². The van der Waals surface area contributed by atoms with Crippen molar-refractivity contribution < 1.29 is 27.1 Å². The average molecular weight is 258 g/mol. The summed E-state index contributed by atoms with van der Waals surface area (Å²) in [6, 6.07) is 4.27. The fourth-order valence-corrected chi connectivity index (χ4v) is 1.49. The van der Waals surface area contributed by atoms with Crippen LogP contribution in [0.15, 0.2) is 28.7 Å². The summed E-state index contributed by atoms with van der Waals surface area (Å²) in [4.78, 5) is 11.1. The number of hydrogen-bond donors (Lipinski definition) is 0. The Hall–Kier alpha value is -1.98. The molecular formula is C12H9F3O3. The molecule has 0 fully saturated rings. The largest absolute Gasteiger partial charge is 0.461 e. The minimum atomic E-state index is -3.88. The lowest BCUT2D eigenvalue weighted by atomic mass is 10.2. The number of carbonyl (C=O) groups is 1. The van der Waals surface area contributed by atoms with Crippen LogP contribution in [-0.4, -0.2) is 12.6 Å². The Morgan fingerprint density at radius 2 is 2.11 bits per heavy atom. The first-order valence-corrected chi connectivity index (χ1v) is 5.19. The van der Waals surface area contributed by atoms with E-state index in [-0.39, 0.29) is 17.6 Å². The molecule has 1 heterocycles. The van der Waals surface area contributed by atoms with Crippen LogP contribution in [0.1, 0.15) is 12.7 Å². The Kier molecular flexibility index (Phi) is 3.02. The topological polar surface area (TPSA) is 39.4 Å². The van der Waals surface area contributed by atoms with Crippen LogP contribution < -0.4 is 0 Å². The predicted octanol–water partition coefficient (Wildman–Crippen LogP) is 3.23. The molecule has 0 aliphatic rings. The van der Waals surface area contributed by atoms with E-state index in [4.69, 9.17) is 4.42 Å². The zero-order chi connectivity index (χ0) is 13.3. The number of benzene rings is 1. The van der Waals surface area contributed by atoms with Crippen LogP contribution in [0.3, 0.4) is 0 Å². The average Bonchev–Trinajstić information content (AvgIpc) is 2.72. The van der Waals surface area contributed by atoms with Gasteiger partial charge >= 0.3 is 11.9 Å². The number of rotatable bonds is 3. The molecule has 0 bridgehead atoms. The summed E-state index contributed by atoms with van der Waals surface area (Å²) in [6.45, 7) is 1.26. The first kappa shape index (κ1) is 12.5. The zero-order valence-electron chi connectivity index (χ0n) is 9.38. The Balaban J connectivity index is 2.44. The van der Waals surface area contributed by atoms with Crippen LogP contribution in [0, 0.1) is 5.82 Å². The van der Waals surface area contributed by atoms with Gasteiger partial charge in [0.25, 0.3) is 0 Å². The molecule has 18 heavy (non-hydrogen) atoms. The number of furan rings is 1. The van der Waals surface area contributed by atoms with Gasteiger partial charge in [-0.2, -0.15) is 8.78 Å². The van der Waals surface area contributed by atoms with Crippen LogP contribution in [0.2, 0.25) is 0 Å². The molecule has 0 N–H and O–H groups in total. The van der Waals surface area contributed by atoms with Gasteiger partial charge in [-0.25, -0.2) is 9.18 Å². The molecule has 0 atom stereocenters.